The first kappa shape index (κ1) is 13.4. The maximum Gasteiger partial charge on any atom is 0.0992 e. The Kier molecular flexibility index (Phi) is 3.90. The van der Waals surface area contributed by atoms with E-state index in [1.807, 2.05) is 18.2 Å². The predicted octanol–water partition coefficient (Wildman–Crippen LogP) is 1.76. The molecule has 106 valence electrons. The van der Waals surface area contributed by atoms with Gasteiger partial charge in [0.1, 0.15) is 0 Å². The van der Waals surface area contributed by atoms with E-state index in [1.165, 1.54) is 12.8 Å². The number of hydrogen-bond donors (Lipinski definition) is 1. The predicted molar refractivity (Wildman–Crippen MR) is 78.7 cm³/mol. The molecule has 2 aliphatic rings. The highest BCUT2D eigenvalue weighted by molar-refractivity contribution is 5.51. The highest BCUT2D eigenvalue weighted by Gasteiger charge is 2.36. The minimum absolute atomic E-state index is 0.220. The Labute approximate surface area is 120 Å². The third-order valence-electron chi connectivity index (χ3n) is 4.34. The summed E-state index contributed by atoms with van der Waals surface area (Å²) in [6.45, 7) is 5.66. The van der Waals surface area contributed by atoms with Gasteiger partial charge >= 0.3 is 0 Å². The summed E-state index contributed by atoms with van der Waals surface area (Å²) < 4.78 is 5.85. The molecule has 0 aliphatic carbocycles. The van der Waals surface area contributed by atoms with Gasteiger partial charge in [-0.2, -0.15) is 5.26 Å². The van der Waals surface area contributed by atoms with Crippen LogP contribution in [0.1, 0.15) is 18.4 Å². The Hall–Kier alpha value is -1.57. The van der Waals surface area contributed by atoms with E-state index in [-0.39, 0.29) is 5.41 Å². The number of nitrogens with zero attached hydrogens (tertiary/aromatic N) is 2. The number of benzene rings is 1. The number of ether oxygens (including phenoxy) is 1. The van der Waals surface area contributed by atoms with Gasteiger partial charge < -0.3 is 15.0 Å². The largest absolute Gasteiger partial charge is 0.379 e. The normalized spacial score (nSPS) is 27.1. The van der Waals surface area contributed by atoms with Crippen LogP contribution in [-0.4, -0.2) is 39.4 Å². The molecule has 2 heterocycles. The number of nitrogens with one attached hydrogen (secondary N) is 1. The maximum atomic E-state index is 9.05. The van der Waals surface area contributed by atoms with Gasteiger partial charge in [0.2, 0.25) is 0 Å². The molecule has 0 radical (unpaired) electrons. The Morgan fingerprint density at radius 3 is 3.15 bits per heavy atom. The molecule has 0 bridgehead atoms. The van der Waals surface area contributed by atoms with Crippen LogP contribution in [0.5, 0.6) is 0 Å². The maximum absolute atomic E-state index is 9.05. The van der Waals surface area contributed by atoms with Crippen molar-refractivity contribution in [1.29, 1.82) is 5.26 Å². The van der Waals surface area contributed by atoms with E-state index < -0.39 is 0 Å². The fourth-order valence-corrected chi connectivity index (χ4v) is 3.27. The molecule has 1 aromatic rings. The summed E-state index contributed by atoms with van der Waals surface area (Å²) in [6, 6.07) is 10.1. The molecule has 2 fully saturated rings. The van der Waals surface area contributed by atoms with Crippen molar-refractivity contribution in [1.82, 2.24) is 5.32 Å². The van der Waals surface area contributed by atoms with Gasteiger partial charge in [-0.1, -0.05) is 6.07 Å². The van der Waals surface area contributed by atoms with Gasteiger partial charge in [0, 0.05) is 30.7 Å². The first-order chi connectivity index (χ1) is 9.81. The first-order valence-corrected chi connectivity index (χ1v) is 7.35. The minimum Gasteiger partial charge on any atom is -0.379 e. The Morgan fingerprint density at radius 1 is 1.40 bits per heavy atom. The van der Waals surface area contributed by atoms with Crippen molar-refractivity contribution in [2.45, 2.75) is 12.8 Å². The average molecular weight is 271 g/mol. The molecule has 1 spiro atoms. The second-order valence-corrected chi connectivity index (χ2v) is 5.92. The summed E-state index contributed by atoms with van der Waals surface area (Å²) in [7, 11) is 0. The number of nitriles is 1. The Balaban J connectivity index is 1.82. The highest BCUT2D eigenvalue weighted by Crippen LogP contribution is 2.31. The SMILES string of the molecule is N#Cc1cccc(N2CCOC[C@@]3(CCCNC3)C2)c1. The zero-order chi connectivity index (χ0) is 13.8. The van der Waals surface area contributed by atoms with Crippen LogP contribution in [0.4, 0.5) is 5.69 Å². The lowest BCUT2D eigenvalue weighted by Crippen LogP contribution is -2.48. The number of anilines is 1. The van der Waals surface area contributed by atoms with Gasteiger partial charge in [-0.05, 0) is 37.6 Å². The molecule has 1 N–H and O–H groups in total. The molecule has 2 aliphatic heterocycles. The van der Waals surface area contributed by atoms with Crippen LogP contribution in [0.2, 0.25) is 0 Å². The van der Waals surface area contributed by atoms with Crippen LogP contribution < -0.4 is 10.2 Å². The van der Waals surface area contributed by atoms with Crippen LogP contribution in [0.25, 0.3) is 0 Å². The summed E-state index contributed by atoms with van der Waals surface area (Å²) in [5.41, 5.74) is 2.08. The zero-order valence-corrected chi connectivity index (χ0v) is 11.8. The third kappa shape index (κ3) is 2.79. The Bertz CT molecular complexity index is 503. The molecule has 0 aromatic heterocycles. The molecule has 4 heteroatoms. The number of piperidine rings is 1. The van der Waals surface area contributed by atoms with Crippen LogP contribution >= 0.6 is 0 Å². The van der Waals surface area contributed by atoms with Gasteiger partial charge in [0.25, 0.3) is 0 Å². The van der Waals surface area contributed by atoms with E-state index >= 15 is 0 Å². The molecular formula is C16H21N3O. The van der Waals surface area contributed by atoms with Crippen LogP contribution in [0.3, 0.4) is 0 Å². The van der Waals surface area contributed by atoms with E-state index in [9.17, 15) is 0 Å². The smallest absolute Gasteiger partial charge is 0.0992 e. The van der Waals surface area contributed by atoms with Crippen molar-refractivity contribution in [3.63, 3.8) is 0 Å². The van der Waals surface area contributed by atoms with Gasteiger partial charge in [0.15, 0.2) is 0 Å². The molecule has 4 nitrogen and oxygen atoms in total. The van der Waals surface area contributed by atoms with E-state index in [2.05, 4.69) is 22.4 Å². The van der Waals surface area contributed by atoms with Crippen molar-refractivity contribution in [3.8, 4) is 6.07 Å². The van der Waals surface area contributed by atoms with Gasteiger partial charge in [-0.25, -0.2) is 0 Å². The van der Waals surface area contributed by atoms with Crippen molar-refractivity contribution in [3.05, 3.63) is 29.8 Å². The molecule has 0 saturated carbocycles. The highest BCUT2D eigenvalue weighted by atomic mass is 16.5. The van der Waals surface area contributed by atoms with Crippen molar-refractivity contribution in [2.24, 2.45) is 5.41 Å². The van der Waals surface area contributed by atoms with E-state index in [4.69, 9.17) is 10.00 Å². The summed E-state index contributed by atoms with van der Waals surface area (Å²) in [5, 5.41) is 12.6. The monoisotopic (exact) mass is 271 g/mol. The van der Waals surface area contributed by atoms with Crippen LogP contribution in [0, 0.1) is 16.7 Å². The lowest BCUT2D eigenvalue weighted by molar-refractivity contribution is 0.0536. The topological polar surface area (TPSA) is 48.3 Å². The molecule has 0 unspecified atom stereocenters. The molecular weight excluding hydrogens is 250 g/mol. The molecule has 1 atom stereocenters. The minimum atomic E-state index is 0.220. The van der Waals surface area contributed by atoms with Gasteiger partial charge in [-0.15, -0.1) is 0 Å². The van der Waals surface area contributed by atoms with E-state index in [0.29, 0.717) is 0 Å². The standard InChI is InChI=1S/C16H21N3O/c17-10-14-3-1-4-15(9-14)19-7-8-20-13-16(12-19)5-2-6-18-11-16/h1,3-4,9,18H,2,5-8,11-13H2/t16-/m1/s1. The molecule has 1 aromatic carbocycles. The summed E-state index contributed by atoms with van der Waals surface area (Å²) in [4.78, 5) is 2.38. The van der Waals surface area contributed by atoms with Crippen LogP contribution in [0.15, 0.2) is 24.3 Å². The molecule has 3 rings (SSSR count). The van der Waals surface area contributed by atoms with E-state index in [0.717, 1.165) is 50.6 Å². The second-order valence-electron chi connectivity index (χ2n) is 5.92. The third-order valence-corrected chi connectivity index (χ3v) is 4.34. The van der Waals surface area contributed by atoms with Crippen LogP contribution in [-0.2, 0) is 4.74 Å². The lowest BCUT2D eigenvalue weighted by atomic mass is 9.81. The van der Waals surface area contributed by atoms with Gasteiger partial charge in [0.05, 0.1) is 24.8 Å². The lowest BCUT2D eigenvalue weighted by Gasteiger charge is -2.39. The second kappa shape index (κ2) is 5.82. The summed E-state index contributed by atoms with van der Waals surface area (Å²) in [5.74, 6) is 0. The van der Waals surface area contributed by atoms with Crippen molar-refractivity contribution >= 4 is 5.69 Å². The fraction of sp³-hybridized carbons (Fsp3) is 0.562. The number of rotatable bonds is 1. The summed E-state index contributed by atoms with van der Waals surface area (Å²) >= 11 is 0. The quantitative estimate of drug-likeness (QED) is 0.845. The Morgan fingerprint density at radius 2 is 2.35 bits per heavy atom. The van der Waals surface area contributed by atoms with Crippen molar-refractivity contribution in [2.75, 3.05) is 44.3 Å². The first-order valence-electron chi connectivity index (χ1n) is 7.35. The summed E-state index contributed by atoms with van der Waals surface area (Å²) in [6.07, 6.45) is 2.43. The molecule has 0 amide bonds. The average Bonchev–Trinajstić information content (AvgIpc) is 2.71. The number of hydrogen-bond acceptors (Lipinski definition) is 4. The van der Waals surface area contributed by atoms with Gasteiger partial charge in [-0.3, -0.25) is 0 Å². The molecule has 2 saturated heterocycles. The zero-order valence-electron chi connectivity index (χ0n) is 11.8. The fourth-order valence-electron chi connectivity index (χ4n) is 3.27. The van der Waals surface area contributed by atoms with E-state index in [1.54, 1.807) is 0 Å². The van der Waals surface area contributed by atoms with Crippen molar-refractivity contribution < 1.29 is 4.74 Å². The molecule has 20 heavy (non-hydrogen) atoms.